The molecule has 4 nitrogen and oxygen atoms in total. The van der Waals surface area contributed by atoms with Crippen LogP contribution in [0.15, 0.2) is 24.3 Å². The lowest BCUT2D eigenvalue weighted by molar-refractivity contribution is -0.119. The Kier molecular flexibility index (Phi) is 7.40. The van der Waals surface area contributed by atoms with Crippen molar-refractivity contribution in [3.05, 3.63) is 29.8 Å². The molecule has 1 aromatic rings. The van der Waals surface area contributed by atoms with Gasteiger partial charge in [-0.25, -0.2) is 0 Å². The maximum atomic E-state index is 12.1. The van der Waals surface area contributed by atoms with Crippen LogP contribution in [0.5, 0.6) is 0 Å². The summed E-state index contributed by atoms with van der Waals surface area (Å²) in [5.41, 5.74) is 2.05. The predicted octanol–water partition coefficient (Wildman–Crippen LogP) is 3.16. The van der Waals surface area contributed by atoms with Gasteiger partial charge in [0, 0.05) is 16.7 Å². The minimum Gasteiger partial charge on any atom is -0.391 e. The second kappa shape index (κ2) is 9.30. The van der Waals surface area contributed by atoms with Crippen LogP contribution in [0.2, 0.25) is 0 Å². The van der Waals surface area contributed by atoms with E-state index in [-0.39, 0.29) is 5.91 Å². The van der Waals surface area contributed by atoms with E-state index in [1.807, 2.05) is 23.9 Å². The summed E-state index contributed by atoms with van der Waals surface area (Å²) in [5.74, 6) is 0.840. The van der Waals surface area contributed by atoms with Crippen LogP contribution >= 0.6 is 11.8 Å². The molecule has 1 saturated heterocycles. The average Bonchev–Trinajstić information content (AvgIpc) is 2.98. The number of amides is 1. The molecular weight excluding hydrogens is 308 g/mol. The fourth-order valence-electron chi connectivity index (χ4n) is 2.67. The molecule has 1 amide bonds. The number of benzene rings is 1. The summed E-state index contributed by atoms with van der Waals surface area (Å²) < 4.78 is 0. The van der Waals surface area contributed by atoms with Crippen molar-refractivity contribution in [3.8, 4) is 0 Å². The third-order valence-corrected chi connectivity index (χ3v) is 5.50. The Morgan fingerprint density at radius 3 is 2.78 bits per heavy atom. The summed E-state index contributed by atoms with van der Waals surface area (Å²) >= 11 is 1.98. The van der Waals surface area contributed by atoms with Gasteiger partial charge in [0.1, 0.15) is 6.04 Å². The monoisotopic (exact) mass is 336 g/mol. The minimum absolute atomic E-state index is 0.162. The van der Waals surface area contributed by atoms with Gasteiger partial charge >= 0.3 is 0 Å². The van der Waals surface area contributed by atoms with Crippen molar-refractivity contribution in [3.63, 3.8) is 0 Å². The van der Waals surface area contributed by atoms with Gasteiger partial charge < -0.3 is 15.7 Å². The molecule has 0 bridgehead atoms. The van der Waals surface area contributed by atoms with Crippen LogP contribution in [0, 0.1) is 0 Å². The summed E-state index contributed by atoms with van der Waals surface area (Å²) in [4.78, 5) is 12.1. The van der Waals surface area contributed by atoms with Crippen LogP contribution in [-0.4, -0.2) is 35.0 Å². The van der Waals surface area contributed by atoms with Gasteiger partial charge in [-0.3, -0.25) is 4.79 Å². The number of thioether (sulfide) groups is 1. The molecule has 3 N–H and O–H groups in total. The molecule has 23 heavy (non-hydrogen) atoms. The number of hydrogen-bond acceptors (Lipinski definition) is 4. The van der Waals surface area contributed by atoms with Gasteiger partial charge in [-0.05, 0) is 37.1 Å². The Bertz CT molecular complexity index is 492. The topological polar surface area (TPSA) is 61.4 Å². The first-order valence-electron chi connectivity index (χ1n) is 8.53. The second-order valence-corrected chi connectivity index (χ2v) is 7.66. The molecule has 1 aliphatic rings. The van der Waals surface area contributed by atoms with Crippen LogP contribution in [0.3, 0.4) is 0 Å². The van der Waals surface area contributed by atoms with Crippen molar-refractivity contribution in [2.45, 2.75) is 62.7 Å². The third-order valence-electron chi connectivity index (χ3n) is 4.19. The summed E-state index contributed by atoms with van der Waals surface area (Å²) in [5, 5.41) is 16.3. The molecule has 0 aromatic heterocycles. The summed E-state index contributed by atoms with van der Waals surface area (Å²) in [7, 11) is 0. The van der Waals surface area contributed by atoms with Crippen LogP contribution in [0.4, 0.5) is 5.69 Å². The van der Waals surface area contributed by atoms with Gasteiger partial charge in [-0.2, -0.15) is 11.8 Å². The third kappa shape index (κ3) is 5.83. The van der Waals surface area contributed by atoms with E-state index in [1.54, 1.807) is 0 Å². The highest BCUT2D eigenvalue weighted by Gasteiger charge is 2.30. The number of unbranched alkanes of at least 4 members (excludes halogenated alkanes) is 1. The molecule has 1 heterocycles. The molecule has 128 valence electrons. The van der Waals surface area contributed by atoms with Crippen molar-refractivity contribution in [1.29, 1.82) is 0 Å². The Morgan fingerprint density at radius 2 is 2.17 bits per heavy atom. The molecule has 0 saturated carbocycles. The van der Waals surface area contributed by atoms with Gasteiger partial charge in [0.25, 0.3) is 0 Å². The van der Waals surface area contributed by atoms with Crippen LogP contribution in [0.25, 0.3) is 0 Å². The van der Waals surface area contributed by atoms with Crippen molar-refractivity contribution in [1.82, 2.24) is 5.32 Å². The van der Waals surface area contributed by atoms with Crippen LogP contribution in [-0.2, 0) is 10.5 Å². The van der Waals surface area contributed by atoms with Gasteiger partial charge in [-0.15, -0.1) is 0 Å². The Morgan fingerprint density at radius 1 is 1.43 bits per heavy atom. The lowest BCUT2D eigenvalue weighted by Gasteiger charge is -2.15. The first kappa shape index (κ1) is 18.3. The molecule has 1 aliphatic heterocycles. The maximum Gasteiger partial charge on any atom is 0.244 e. The van der Waals surface area contributed by atoms with E-state index in [0.717, 1.165) is 11.4 Å². The SMILES string of the molecule is CCCCC(C)SCc1ccc(NC(=O)[C@H]2NCC[C@@H]2O)cc1. The molecule has 5 heteroatoms. The Balaban J connectivity index is 1.79. The number of rotatable bonds is 8. The van der Waals surface area contributed by atoms with E-state index in [2.05, 4.69) is 36.6 Å². The minimum atomic E-state index is -0.588. The van der Waals surface area contributed by atoms with Crippen LogP contribution < -0.4 is 10.6 Å². The van der Waals surface area contributed by atoms with E-state index < -0.39 is 12.1 Å². The molecule has 1 aromatic carbocycles. The number of carbonyl (C=O) groups is 1. The second-order valence-electron chi connectivity index (χ2n) is 6.24. The number of carbonyl (C=O) groups excluding carboxylic acids is 1. The number of aliphatic hydroxyl groups is 1. The summed E-state index contributed by atoms with van der Waals surface area (Å²) in [6.07, 6.45) is 3.86. The zero-order valence-corrected chi connectivity index (χ0v) is 14.9. The zero-order valence-electron chi connectivity index (χ0n) is 14.0. The van der Waals surface area contributed by atoms with Gasteiger partial charge in [0.2, 0.25) is 5.91 Å². The molecule has 0 spiro atoms. The lowest BCUT2D eigenvalue weighted by atomic mass is 10.1. The first-order chi connectivity index (χ1) is 11.1. The number of hydrogen-bond donors (Lipinski definition) is 3. The Labute approximate surface area is 143 Å². The number of nitrogens with one attached hydrogen (secondary N) is 2. The van der Waals surface area contributed by atoms with Crippen molar-refractivity contribution >= 4 is 23.4 Å². The standard InChI is InChI=1S/C18H28N2O2S/c1-3-4-5-13(2)23-12-14-6-8-15(9-7-14)20-18(22)17-16(21)10-11-19-17/h6-9,13,16-17,19,21H,3-5,10-12H2,1-2H3,(H,20,22)/t13?,16-,17-/m0/s1. The highest BCUT2D eigenvalue weighted by Crippen LogP contribution is 2.22. The highest BCUT2D eigenvalue weighted by atomic mass is 32.2. The smallest absolute Gasteiger partial charge is 0.244 e. The summed E-state index contributed by atoms with van der Waals surface area (Å²) in [6, 6.07) is 7.50. The van der Waals surface area contributed by atoms with E-state index in [1.165, 1.54) is 24.8 Å². The van der Waals surface area contributed by atoms with E-state index in [0.29, 0.717) is 18.2 Å². The van der Waals surface area contributed by atoms with Gasteiger partial charge in [0.15, 0.2) is 0 Å². The Hall–Kier alpha value is -1.04. The number of aliphatic hydroxyl groups excluding tert-OH is 1. The average molecular weight is 337 g/mol. The first-order valence-corrected chi connectivity index (χ1v) is 9.58. The molecule has 2 rings (SSSR count). The molecule has 0 aliphatic carbocycles. The van der Waals surface area contributed by atoms with Crippen LogP contribution in [0.1, 0.15) is 45.1 Å². The molecule has 1 unspecified atom stereocenters. The fourth-order valence-corrected chi connectivity index (χ4v) is 3.68. The van der Waals surface area contributed by atoms with E-state index in [9.17, 15) is 9.90 Å². The fraction of sp³-hybridized carbons (Fsp3) is 0.611. The van der Waals surface area contributed by atoms with Crippen molar-refractivity contribution < 1.29 is 9.90 Å². The highest BCUT2D eigenvalue weighted by molar-refractivity contribution is 7.99. The number of anilines is 1. The quantitative estimate of drug-likeness (QED) is 0.682. The zero-order chi connectivity index (χ0) is 16.7. The van der Waals surface area contributed by atoms with Crippen molar-refractivity contribution in [2.24, 2.45) is 0 Å². The van der Waals surface area contributed by atoms with Crippen molar-refractivity contribution in [2.75, 3.05) is 11.9 Å². The van der Waals surface area contributed by atoms with E-state index in [4.69, 9.17) is 0 Å². The molecular formula is C18H28N2O2S. The largest absolute Gasteiger partial charge is 0.391 e. The van der Waals surface area contributed by atoms with Gasteiger partial charge in [0.05, 0.1) is 6.10 Å². The molecule has 3 atom stereocenters. The van der Waals surface area contributed by atoms with E-state index >= 15 is 0 Å². The van der Waals surface area contributed by atoms with Gasteiger partial charge in [-0.1, -0.05) is 38.8 Å². The molecule has 0 radical (unpaired) electrons. The summed E-state index contributed by atoms with van der Waals surface area (Å²) in [6.45, 7) is 5.20. The molecule has 1 fully saturated rings. The maximum absolute atomic E-state index is 12.1. The predicted molar refractivity (Wildman–Crippen MR) is 97.8 cm³/mol. The lowest BCUT2D eigenvalue weighted by Crippen LogP contribution is -2.42. The normalized spacial score (nSPS) is 22.0.